The molecule has 144 valence electrons. The van der Waals surface area contributed by atoms with Gasteiger partial charge in [-0.2, -0.15) is 15.0 Å². The predicted octanol–water partition coefficient (Wildman–Crippen LogP) is 1.76. The van der Waals surface area contributed by atoms with Gasteiger partial charge in [-0.3, -0.25) is 0 Å². The van der Waals surface area contributed by atoms with Crippen LogP contribution in [0, 0.1) is 0 Å². The maximum atomic E-state index is 5.93. The van der Waals surface area contributed by atoms with Gasteiger partial charge in [0.2, 0.25) is 11.9 Å². The second-order valence-electron chi connectivity index (χ2n) is 6.81. The molecule has 8 heteroatoms. The van der Waals surface area contributed by atoms with Gasteiger partial charge in [-0.05, 0) is 36.4 Å². The van der Waals surface area contributed by atoms with Gasteiger partial charge in [0, 0.05) is 16.4 Å². The lowest BCUT2D eigenvalue weighted by Gasteiger charge is -2.33. The number of nitrogens with zero attached hydrogens (tertiary/aromatic N) is 4. The van der Waals surface area contributed by atoms with Crippen LogP contribution in [0.4, 0.5) is 23.3 Å². The van der Waals surface area contributed by atoms with E-state index in [1.807, 2.05) is 30.3 Å². The minimum absolute atomic E-state index is 0.226. The van der Waals surface area contributed by atoms with Gasteiger partial charge in [-0.25, -0.2) is 0 Å². The van der Waals surface area contributed by atoms with E-state index in [0.29, 0.717) is 16.8 Å². The molecule has 28 heavy (non-hydrogen) atoms. The van der Waals surface area contributed by atoms with Crippen LogP contribution in [0.3, 0.4) is 0 Å². The first-order valence-corrected chi connectivity index (χ1v) is 9.70. The zero-order valence-corrected chi connectivity index (χ0v) is 16.2. The topological polar surface area (TPSA) is 84.4 Å². The summed E-state index contributed by atoms with van der Waals surface area (Å²) in [5.41, 5.74) is 8.03. The highest BCUT2D eigenvalue weighted by molar-refractivity contribution is 6.30. The Bertz CT molecular complexity index is 910. The second-order valence-corrected chi connectivity index (χ2v) is 7.25. The van der Waals surface area contributed by atoms with E-state index in [4.69, 9.17) is 17.3 Å². The SMILES string of the molecule is Nc1nc(C[NH+]2CCN(c3ccccc3)CC2)nc(Nc2ccc(Cl)cc2)n1. The lowest BCUT2D eigenvalue weighted by atomic mass is 10.2. The van der Waals surface area contributed by atoms with Crippen LogP contribution in [0.5, 0.6) is 0 Å². The summed E-state index contributed by atoms with van der Waals surface area (Å²) in [6, 6.07) is 17.9. The van der Waals surface area contributed by atoms with Crippen LogP contribution in [0.25, 0.3) is 0 Å². The summed E-state index contributed by atoms with van der Waals surface area (Å²) in [6.45, 7) is 4.80. The van der Waals surface area contributed by atoms with Crippen molar-refractivity contribution in [2.45, 2.75) is 6.54 Å². The van der Waals surface area contributed by atoms with Crippen LogP contribution in [0.2, 0.25) is 5.02 Å². The fourth-order valence-electron chi connectivity index (χ4n) is 3.36. The number of nitrogens with one attached hydrogen (secondary N) is 2. The molecule has 0 saturated carbocycles. The average molecular weight is 397 g/mol. The Kier molecular flexibility index (Phi) is 5.55. The van der Waals surface area contributed by atoms with Gasteiger partial charge < -0.3 is 20.9 Å². The van der Waals surface area contributed by atoms with Gasteiger partial charge >= 0.3 is 0 Å². The highest BCUT2D eigenvalue weighted by Gasteiger charge is 2.21. The molecular weight excluding hydrogens is 374 g/mol. The fraction of sp³-hybridized carbons (Fsp3) is 0.250. The third-order valence-corrected chi connectivity index (χ3v) is 5.05. The molecule has 0 spiro atoms. The summed E-state index contributed by atoms with van der Waals surface area (Å²) >= 11 is 5.93. The minimum atomic E-state index is 0.226. The molecule has 1 aromatic heterocycles. The van der Waals surface area contributed by atoms with Gasteiger partial charge in [-0.15, -0.1) is 0 Å². The molecule has 2 aromatic carbocycles. The molecule has 0 radical (unpaired) electrons. The highest BCUT2D eigenvalue weighted by Crippen LogP contribution is 2.17. The first-order valence-electron chi connectivity index (χ1n) is 9.32. The molecule has 0 amide bonds. The molecule has 0 unspecified atom stereocenters. The largest absolute Gasteiger partial charge is 0.368 e. The maximum absolute atomic E-state index is 5.93. The summed E-state index contributed by atoms with van der Waals surface area (Å²) < 4.78 is 0. The van der Waals surface area contributed by atoms with Gasteiger partial charge in [0.05, 0.1) is 26.2 Å². The molecule has 7 nitrogen and oxygen atoms in total. The Morgan fingerprint density at radius 1 is 0.964 bits per heavy atom. The number of halogens is 1. The summed E-state index contributed by atoms with van der Waals surface area (Å²) in [4.78, 5) is 16.9. The van der Waals surface area contributed by atoms with Crippen LogP contribution in [0.1, 0.15) is 5.82 Å². The molecule has 0 bridgehead atoms. The van der Waals surface area contributed by atoms with Crippen molar-refractivity contribution in [2.75, 3.05) is 42.1 Å². The Hall–Kier alpha value is -2.90. The minimum Gasteiger partial charge on any atom is -0.368 e. The first kappa shape index (κ1) is 18.5. The van der Waals surface area contributed by atoms with Crippen molar-refractivity contribution in [3.05, 3.63) is 65.4 Å². The average Bonchev–Trinajstić information content (AvgIpc) is 2.71. The molecule has 1 fully saturated rings. The standard InChI is InChI=1S/C20H22ClN7/c21-15-6-8-16(9-7-15)23-20-25-18(24-19(22)26-20)14-27-10-12-28(13-11-27)17-4-2-1-3-5-17/h1-9H,10-14H2,(H3,22,23,24,25,26)/p+1. The zero-order valence-electron chi connectivity index (χ0n) is 15.5. The predicted molar refractivity (Wildman–Crippen MR) is 112 cm³/mol. The second kappa shape index (κ2) is 8.41. The van der Waals surface area contributed by atoms with E-state index in [1.54, 1.807) is 0 Å². The number of para-hydroxylation sites is 1. The van der Waals surface area contributed by atoms with Crippen molar-refractivity contribution in [3.63, 3.8) is 0 Å². The number of anilines is 4. The molecule has 2 heterocycles. The Morgan fingerprint density at radius 3 is 2.39 bits per heavy atom. The monoisotopic (exact) mass is 396 g/mol. The molecular formula is C20H23ClN7+. The molecule has 4 N–H and O–H groups in total. The molecule has 1 saturated heterocycles. The van der Waals surface area contributed by atoms with E-state index in [0.717, 1.165) is 38.4 Å². The summed E-state index contributed by atoms with van der Waals surface area (Å²) in [6.07, 6.45) is 0. The lowest BCUT2D eigenvalue weighted by Crippen LogP contribution is -3.13. The lowest BCUT2D eigenvalue weighted by molar-refractivity contribution is -0.915. The Morgan fingerprint density at radius 2 is 1.68 bits per heavy atom. The van der Waals surface area contributed by atoms with E-state index < -0.39 is 0 Å². The Balaban J connectivity index is 1.38. The van der Waals surface area contributed by atoms with Gasteiger partial charge in [-0.1, -0.05) is 29.8 Å². The number of piperazine rings is 1. The van der Waals surface area contributed by atoms with Crippen LogP contribution in [0.15, 0.2) is 54.6 Å². The van der Waals surface area contributed by atoms with E-state index in [9.17, 15) is 0 Å². The van der Waals surface area contributed by atoms with Gasteiger partial charge in [0.15, 0.2) is 5.82 Å². The number of hydrogen-bond acceptors (Lipinski definition) is 6. The summed E-state index contributed by atoms with van der Waals surface area (Å²) in [5.74, 6) is 1.38. The number of rotatable bonds is 5. The van der Waals surface area contributed by atoms with Crippen molar-refractivity contribution in [1.29, 1.82) is 0 Å². The molecule has 0 atom stereocenters. The van der Waals surface area contributed by atoms with Crippen molar-refractivity contribution in [3.8, 4) is 0 Å². The smallest absolute Gasteiger partial charge is 0.232 e. The van der Waals surface area contributed by atoms with Crippen LogP contribution in [-0.4, -0.2) is 41.1 Å². The van der Waals surface area contributed by atoms with Crippen molar-refractivity contribution >= 4 is 34.9 Å². The zero-order chi connectivity index (χ0) is 19.3. The Labute approximate surface area is 169 Å². The third-order valence-electron chi connectivity index (χ3n) is 4.80. The van der Waals surface area contributed by atoms with Crippen LogP contribution in [-0.2, 0) is 6.54 Å². The number of hydrogen-bond donors (Lipinski definition) is 3. The summed E-state index contributed by atoms with van der Waals surface area (Å²) in [7, 11) is 0. The number of aromatic nitrogens is 3. The van der Waals surface area contributed by atoms with Crippen molar-refractivity contribution in [2.24, 2.45) is 0 Å². The fourth-order valence-corrected chi connectivity index (χ4v) is 3.48. The van der Waals surface area contributed by atoms with Crippen LogP contribution < -0.4 is 20.9 Å². The van der Waals surface area contributed by atoms with Gasteiger partial charge in [0.1, 0.15) is 6.54 Å². The van der Waals surface area contributed by atoms with E-state index in [2.05, 4.69) is 49.4 Å². The number of nitrogens with two attached hydrogens (primary N) is 1. The van der Waals surface area contributed by atoms with E-state index in [-0.39, 0.29) is 5.95 Å². The molecule has 4 rings (SSSR count). The molecule has 3 aromatic rings. The molecule has 1 aliphatic rings. The van der Waals surface area contributed by atoms with Crippen molar-refractivity contribution < 1.29 is 4.90 Å². The van der Waals surface area contributed by atoms with Crippen LogP contribution >= 0.6 is 11.6 Å². The maximum Gasteiger partial charge on any atom is 0.232 e. The summed E-state index contributed by atoms with van der Waals surface area (Å²) in [5, 5.41) is 3.84. The molecule has 0 aliphatic carbocycles. The third kappa shape index (κ3) is 4.68. The van der Waals surface area contributed by atoms with E-state index >= 15 is 0 Å². The highest BCUT2D eigenvalue weighted by atomic mass is 35.5. The quantitative estimate of drug-likeness (QED) is 0.609. The number of benzene rings is 2. The van der Waals surface area contributed by atoms with Gasteiger partial charge in [0.25, 0.3) is 0 Å². The first-order chi connectivity index (χ1) is 13.7. The van der Waals surface area contributed by atoms with Crippen molar-refractivity contribution in [1.82, 2.24) is 15.0 Å². The number of quaternary nitrogens is 1. The number of nitrogen functional groups attached to an aromatic ring is 1. The van der Waals surface area contributed by atoms with E-state index in [1.165, 1.54) is 10.6 Å². The normalized spacial score (nSPS) is 14.8. The molecule has 1 aliphatic heterocycles.